The standard InChI is InChI=1S/C8H17NO/c1-4-6-7-8(5-2)9(3)10/h5,9H,4,6-7H2,1-3H3/b8-5+. The average molecular weight is 143 g/mol. The van der Waals surface area contributed by atoms with Crippen molar-refractivity contribution in [2.75, 3.05) is 7.05 Å². The Hall–Kier alpha value is -0.340. The van der Waals surface area contributed by atoms with Crippen LogP contribution in [-0.4, -0.2) is 7.05 Å². The molecule has 0 fully saturated rings. The molecule has 0 aliphatic rings. The fraction of sp³-hybridized carbons (Fsp3) is 0.750. The predicted molar refractivity (Wildman–Crippen MR) is 43.5 cm³/mol. The van der Waals surface area contributed by atoms with E-state index in [0.29, 0.717) is 0 Å². The molecule has 0 aliphatic carbocycles. The summed E-state index contributed by atoms with van der Waals surface area (Å²) in [6, 6.07) is 0. The van der Waals surface area contributed by atoms with Gasteiger partial charge in [-0.1, -0.05) is 13.3 Å². The van der Waals surface area contributed by atoms with E-state index >= 15 is 0 Å². The number of hydrogen-bond donors (Lipinski definition) is 1. The number of allylic oxidation sites excluding steroid dienone is 2. The van der Waals surface area contributed by atoms with Crippen molar-refractivity contribution in [2.45, 2.75) is 33.1 Å². The van der Waals surface area contributed by atoms with E-state index in [-0.39, 0.29) is 5.06 Å². The van der Waals surface area contributed by atoms with Gasteiger partial charge in [0.15, 0.2) is 0 Å². The molecule has 1 N–H and O–H groups in total. The van der Waals surface area contributed by atoms with Crippen molar-refractivity contribution in [1.82, 2.24) is 0 Å². The zero-order chi connectivity index (χ0) is 7.98. The molecule has 0 amide bonds. The summed E-state index contributed by atoms with van der Waals surface area (Å²) in [5, 5.41) is 11.0. The quantitative estimate of drug-likeness (QED) is 0.586. The molecule has 0 bridgehead atoms. The van der Waals surface area contributed by atoms with Crippen LogP contribution < -0.4 is 5.06 Å². The number of quaternary nitrogens is 1. The van der Waals surface area contributed by atoms with Gasteiger partial charge >= 0.3 is 0 Å². The van der Waals surface area contributed by atoms with Gasteiger partial charge in [0.2, 0.25) is 0 Å². The maximum absolute atomic E-state index is 10.8. The summed E-state index contributed by atoms with van der Waals surface area (Å²) in [4.78, 5) is 0. The van der Waals surface area contributed by atoms with Crippen molar-refractivity contribution in [1.29, 1.82) is 0 Å². The second-order valence-electron chi connectivity index (χ2n) is 2.47. The molecule has 2 nitrogen and oxygen atoms in total. The minimum Gasteiger partial charge on any atom is -0.629 e. The number of unbranched alkanes of at least 4 members (excludes halogenated alkanes) is 1. The molecular formula is C8H17NO. The monoisotopic (exact) mass is 143 g/mol. The Bertz CT molecular complexity index is 108. The molecule has 2 heteroatoms. The van der Waals surface area contributed by atoms with Crippen LogP contribution in [0.4, 0.5) is 0 Å². The summed E-state index contributed by atoms with van der Waals surface area (Å²) < 4.78 is 0. The third kappa shape index (κ3) is 3.64. The molecule has 0 aliphatic heterocycles. The number of nitrogens with one attached hydrogen (secondary N) is 1. The van der Waals surface area contributed by atoms with Gasteiger partial charge in [-0.05, 0) is 19.4 Å². The lowest BCUT2D eigenvalue weighted by atomic mass is 10.2. The molecule has 0 spiro atoms. The predicted octanol–water partition coefficient (Wildman–Crippen LogP) is 1.09. The van der Waals surface area contributed by atoms with Crippen molar-refractivity contribution in [3.05, 3.63) is 17.0 Å². The molecule has 0 saturated carbocycles. The molecule has 1 unspecified atom stereocenters. The number of hydroxylamine groups is 2. The molecule has 0 aromatic heterocycles. The summed E-state index contributed by atoms with van der Waals surface area (Å²) in [5.74, 6) is 0. The van der Waals surface area contributed by atoms with Gasteiger partial charge in [-0.2, -0.15) is 0 Å². The smallest absolute Gasteiger partial charge is 0.103 e. The lowest BCUT2D eigenvalue weighted by Crippen LogP contribution is -3.01. The Balaban J connectivity index is 3.63. The van der Waals surface area contributed by atoms with E-state index in [1.54, 1.807) is 7.05 Å². The summed E-state index contributed by atoms with van der Waals surface area (Å²) in [7, 11) is 1.63. The lowest BCUT2D eigenvalue weighted by Gasteiger charge is -2.18. The minimum atomic E-state index is 0.218. The van der Waals surface area contributed by atoms with Crippen LogP contribution in [0.3, 0.4) is 0 Å². The first kappa shape index (κ1) is 9.66. The second kappa shape index (κ2) is 5.45. The Morgan fingerprint density at radius 1 is 1.60 bits per heavy atom. The largest absolute Gasteiger partial charge is 0.629 e. The van der Waals surface area contributed by atoms with E-state index in [9.17, 15) is 5.21 Å². The maximum atomic E-state index is 10.8. The molecule has 0 heterocycles. The topological polar surface area (TPSA) is 27.5 Å². The molecule has 1 atom stereocenters. The molecule has 60 valence electrons. The Labute approximate surface area is 63.1 Å². The highest BCUT2D eigenvalue weighted by atomic mass is 16.5. The van der Waals surface area contributed by atoms with E-state index in [1.165, 1.54) is 0 Å². The molecule has 0 rings (SSSR count). The molecule has 0 saturated heterocycles. The van der Waals surface area contributed by atoms with Gasteiger partial charge in [-0.15, -0.1) is 0 Å². The van der Waals surface area contributed by atoms with E-state index in [0.717, 1.165) is 25.0 Å². The first-order valence-corrected chi connectivity index (χ1v) is 3.88. The molecule has 0 radical (unpaired) electrons. The summed E-state index contributed by atoms with van der Waals surface area (Å²) >= 11 is 0. The van der Waals surface area contributed by atoms with Crippen molar-refractivity contribution in [3.8, 4) is 0 Å². The highest BCUT2D eigenvalue weighted by Crippen LogP contribution is 1.99. The van der Waals surface area contributed by atoms with E-state index < -0.39 is 0 Å². The van der Waals surface area contributed by atoms with Gasteiger partial charge < -0.3 is 10.3 Å². The molecule has 0 aromatic rings. The first-order chi connectivity index (χ1) is 4.72. The van der Waals surface area contributed by atoms with Gasteiger partial charge in [0.05, 0.1) is 7.05 Å². The SMILES string of the molecule is C/C=C(\CCCC)[NH+](C)[O-]. The van der Waals surface area contributed by atoms with Crippen LogP contribution in [0.1, 0.15) is 33.1 Å². The third-order valence-electron chi connectivity index (χ3n) is 1.60. The van der Waals surface area contributed by atoms with Crippen molar-refractivity contribution in [3.63, 3.8) is 0 Å². The van der Waals surface area contributed by atoms with Crippen LogP contribution in [0, 0.1) is 5.21 Å². The lowest BCUT2D eigenvalue weighted by molar-refractivity contribution is -0.784. The fourth-order valence-corrected chi connectivity index (χ4v) is 0.891. The number of hydrogen-bond acceptors (Lipinski definition) is 1. The van der Waals surface area contributed by atoms with Crippen LogP contribution in [0.5, 0.6) is 0 Å². The van der Waals surface area contributed by atoms with Crippen LogP contribution in [0.15, 0.2) is 11.8 Å². The average Bonchev–Trinajstić information content (AvgIpc) is 1.89. The summed E-state index contributed by atoms with van der Waals surface area (Å²) in [6.45, 7) is 4.06. The maximum Gasteiger partial charge on any atom is 0.103 e. The fourth-order valence-electron chi connectivity index (χ4n) is 0.891. The van der Waals surface area contributed by atoms with E-state index in [1.807, 2.05) is 13.0 Å². The highest BCUT2D eigenvalue weighted by Gasteiger charge is 1.97. The Kier molecular flexibility index (Phi) is 5.26. The zero-order valence-corrected chi connectivity index (χ0v) is 7.11. The number of rotatable bonds is 4. The van der Waals surface area contributed by atoms with Crippen LogP contribution in [0.25, 0.3) is 0 Å². The first-order valence-electron chi connectivity index (χ1n) is 3.88. The highest BCUT2D eigenvalue weighted by molar-refractivity contribution is 4.87. The van der Waals surface area contributed by atoms with Crippen molar-refractivity contribution in [2.24, 2.45) is 0 Å². The second-order valence-corrected chi connectivity index (χ2v) is 2.47. The minimum absolute atomic E-state index is 0.218. The third-order valence-corrected chi connectivity index (χ3v) is 1.60. The van der Waals surface area contributed by atoms with Crippen LogP contribution >= 0.6 is 0 Å². The van der Waals surface area contributed by atoms with Crippen LogP contribution in [-0.2, 0) is 0 Å². The van der Waals surface area contributed by atoms with Gasteiger partial charge in [0, 0.05) is 6.42 Å². The normalized spacial score (nSPS) is 15.4. The van der Waals surface area contributed by atoms with Crippen LogP contribution in [0.2, 0.25) is 0 Å². The van der Waals surface area contributed by atoms with Crippen molar-refractivity contribution >= 4 is 0 Å². The molecule has 10 heavy (non-hydrogen) atoms. The van der Waals surface area contributed by atoms with Gasteiger partial charge in [0.25, 0.3) is 0 Å². The molecular weight excluding hydrogens is 126 g/mol. The van der Waals surface area contributed by atoms with E-state index in [4.69, 9.17) is 0 Å². The van der Waals surface area contributed by atoms with Gasteiger partial charge in [-0.3, -0.25) is 0 Å². The Morgan fingerprint density at radius 2 is 2.20 bits per heavy atom. The summed E-state index contributed by atoms with van der Waals surface area (Å²) in [6.07, 6.45) is 5.14. The Morgan fingerprint density at radius 3 is 2.50 bits per heavy atom. The van der Waals surface area contributed by atoms with Gasteiger partial charge in [0.1, 0.15) is 5.70 Å². The van der Waals surface area contributed by atoms with Crippen molar-refractivity contribution < 1.29 is 5.06 Å². The molecule has 0 aromatic carbocycles. The summed E-state index contributed by atoms with van der Waals surface area (Å²) in [5.41, 5.74) is 0.974. The van der Waals surface area contributed by atoms with Gasteiger partial charge in [-0.25, -0.2) is 0 Å². The zero-order valence-electron chi connectivity index (χ0n) is 7.11. The van der Waals surface area contributed by atoms with E-state index in [2.05, 4.69) is 6.92 Å².